The molecule has 1 amide bonds. The van der Waals surface area contributed by atoms with E-state index in [4.69, 9.17) is 14.2 Å². The van der Waals surface area contributed by atoms with Gasteiger partial charge in [0.05, 0.1) is 23.6 Å². The number of hydrogen-bond acceptors (Lipinski definition) is 8. The molecule has 0 radical (unpaired) electrons. The van der Waals surface area contributed by atoms with Crippen molar-refractivity contribution in [2.24, 2.45) is 0 Å². The number of hydrogen-bond donors (Lipinski definition) is 1. The highest BCUT2D eigenvalue weighted by Crippen LogP contribution is 2.42. The number of amides is 1. The van der Waals surface area contributed by atoms with Crippen LogP contribution in [0, 0.1) is 10.1 Å². The van der Waals surface area contributed by atoms with Crippen molar-refractivity contribution in [3.63, 3.8) is 0 Å². The average molecular weight is 488 g/mol. The van der Waals surface area contributed by atoms with E-state index in [9.17, 15) is 24.8 Å². The zero-order valence-corrected chi connectivity index (χ0v) is 19.0. The van der Waals surface area contributed by atoms with Crippen LogP contribution in [-0.4, -0.2) is 40.5 Å². The van der Waals surface area contributed by atoms with Crippen molar-refractivity contribution in [2.75, 3.05) is 13.9 Å². The Kier molecular flexibility index (Phi) is 5.77. The molecule has 2 aliphatic rings. The number of aliphatic hydroxyl groups excluding tert-OH is 1. The number of ketones is 1. The van der Waals surface area contributed by atoms with Gasteiger partial charge in [0, 0.05) is 24.2 Å². The lowest BCUT2D eigenvalue weighted by Gasteiger charge is -2.26. The van der Waals surface area contributed by atoms with E-state index in [-0.39, 0.29) is 30.2 Å². The van der Waals surface area contributed by atoms with E-state index in [2.05, 4.69) is 0 Å². The maximum Gasteiger partial charge on any atom is 0.295 e. The lowest BCUT2D eigenvalue weighted by Crippen LogP contribution is -2.29. The summed E-state index contributed by atoms with van der Waals surface area (Å²) in [5, 5.41) is 22.4. The summed E-state index contributed by atoms with van der Waals surface area (Å²) in [7, 11) is 1.49. The molecule has 0 aromatic heterocycles. The molecule has 0 spiro atoms. The van der Waals surface area contributed by atoms with Crippen molar-refractivity contribution in [1.82, 2.24) is 4.90 Å². The molecule has 1 saturated heterocycles. The van der Waals surface area contributed by atoms with Crippen molar-refractivity contribution < 1.29 is 33.8 Å². The molecule has 5 rings (SSSR count). The molecule has 10 heteroatoms. The summed E-state index contributed by atoms with van der Waals surface area (Å²) >= 11 is 0. The van der Waals surface area contributed by atoms with Crippen LogP contribution in [0.3, 0.4) is 0 Å². The largest absolute Gasteiger partial charge is 0.507 e. The molecule has 36 heavy (non-hydrogen) atoms. The third-order valence-corrected chi connectivity index (χ3v) is 6.07. The van der Waals surface area contributed by atoms with Crippen LogP contribution in [0.25, 0.3) is 5.76 Å². The minimum atomic E-state index is -0.968. The minimum absolute atomic E-state index is 0.0365. The molecule has 0 saturated carbocycles. The summed E-state index contributed by atoms with van der Waals surface area (Å²) in [6.07, 6.45) is 0. The molecule has 0 bridgehead atoms. The predicted molar refractivity (Wildman–Crippen MR) is 127 cm³/mol. The third kappa shape index (κ3) is 3.98. The molecule has 1 atom stereocenters. The highest BCUT2D eigenvalue weighted by atomic mass is 16.7. The number of rotatable bonds is 6. The summed E-state index contributed by atoms with van der Waals surface area (Å²) in [6, 6.07) is 16.3. The molecule has 2 heterocycles. The van der Waals surface area contributed by atoms with Crippen LogP contribution in [0.1, 0.15) is 22.7 Å². The number of benzene rings is 3. The highest BCUT2D eigenvalue weighted by molar-refractivity contribution is 6.46. The Morgan fingerprint density at radius 1 is 1.08 bits per heavy atom. The van der Waals surface area contributed by atoms with Crippen LogP contribution in [0.4, 0.5) is 5.69 Å². The normalized spacial score (nSPS) is 17.9. The van der Waals surface area contributed by atoms with E-state index < -0.39 is 28.4 Å². The van der Waals surface area contributed by atoms with Gasteiger partial charge in [-0.05, 0) is 35.4 Å². The molecule has 1 fully saturated rings. The van der Waals surface area contributed by atoms with E-state index in [0.29, 0.717) is 28.4 Å². The van der Waals surface area contributed by atoms with Crippen molar-refractivity contribution in [3.8, 4) is 17.2 Å². The Morgan fingerprint density at radius 2 is 1.86 bits per heavy atom. The van der Waals surface area contributed by atoms with Gasteiger partial charge in [0.1, 0.15) is 11.5 Å². The van der Waals surface area contributed by atoms with E-state index in [1.165, 1.54) is 30.2 Å². The van der Waals surface area contributed by atoms with Gasteiger partial charge in [0.2, 0.25) is 6.79 Å². The quantitative estimate of drug-likeness (QED) is 0.182. The van der Waals surface area contributed by atoms with Crippen molar-refractivity contribution in [3.05, 3.63) is 99.1 Å². The molecule has 1 N–H and O–H groups in total. The highest BCUT2D eigenvalue weighted by Gasteiger charge is 2.46. The summed E-state index contributed by atoms with van der Waals surface area (Å²) in [4.78, 5) is 38.5. The van der Waals surface area contributed by atoms with Gasteiger partial charge in [-0.2, -0.15) is 0 Å². The number of nitro benzene ring substituents is 1. The second-order valence-electron chi connectivity index (χ2n) is 8.20. The van der Waals surface area contributed by atoms with Crippen LogP contribution < -0.4 is 14.2 Å². The molecule has 0 aliphatic carbocycles. The van der Waals surface area contributed by atoms with Gasteiger partial charge >= 0.3 is 0 Å². The molecule has 1 unspecified atom stereocenters. The van der Waals surface area contributed by atoms with Crippen molar-refractivity contribution in [1.29, 1.82) is 0 Å². The Labute approximate surface area is 205 Å². The first-order valence-corrected chi connectivity index (χ1v) is 10.9. The molecule has 3 aromatic carbocycles. The molecular weight excluding hydrogens is 468 g/mol. The number of Topliss-reactive ketones (excluding diaryl/α,β-unsaturated/α-hetero) is 1. The van der Waals surface area contributed by atoms with Crippen LogP contribution in [0.2, 0.25) is 0 Å². The number of carbonyl (C=O) groups excluding carboxylic acids is 2. The number of likely N-dealkylation sites (tertiary alicyclic amines) is 1. The van der Waals surface area contributed by atoms with Gasteiger partial charge < -0.3 is 24.2 Å². The molecule has 2 aliphatic heterocycles. The smallest absolute Gasteiger partial charge is 0.295 e. The van der Waals surface area contributed by atoms with Gasteiger partial charge in [-0.25, -0.2) is 0 Å². The van der Waals surface area contributed by atoms with Gasteiger partial charge in [-0.15, -0.1) is 0 Å². The number of methoxy groups -OCH3 is 1. The Bertz CT molecular complexity index is 1430. The van der Waals surface area contributed by atoms with Crippen LogP contribution >= 0.6 is 0 Å². The number of nitrogens with zero attached hydrogens (tertiary/aromatic N) is 2. The summed E-state index contributed by atoms with van der Waals surface area (Å²) in [5.74, 6) is -0.607. The zero-order chi connectivity index (χ0) is 25.4. The lowest BCUT2D eigenvalue weighted by molar-refractivity contribution is -0.384. The summed E-state index contributed by atoms with van der Waals surface area (Å²) in [6.45, 7) is 0.130. The number of fused-ring (bicyclic) bond motifs is 1. The topological polar surface area (TPSA) is 128 Å². The Hall–Kier alpha value is -4.86. The SMILES string of the molecule is COc1cccc(C2/C(=C(\O)c3cccc([N+](=O)[O-])c3)C(=O)C(=O)N2Cc2ccc3c(c2)OCO3)c1. The summed E-state index contributed by atoms with van der Waals surface area (Å²) in [5.41, 5.74) is 0.838. The zero-order valence-electron chi connectivity index (χ0n) is 19.0. The fraction of sp³-hybridized carbons (Fsp3) is 0.154. The molecular formula is C26H20N2O8. The second-order valence-corrected chi connectivity index (χ2v) is 8.20. The lowest BCUT2D eigenvalue weighted by atomic mass is 9.95. The first kappa shape index (κ1) is 22.9. The first-order chi connectivity index (χ1) is 17.4. The summed E-state index contributed by atoms with van der Waals surface area (Å²) < 4.78 is 16.1. The maximum absolute atomic E-state index is 13.2. The third-order valence-electron chi connectivity index (χ3n) is 6.07. The predicted octanol–water partition coefficient (Wildman–Crippen LogP) is 3.95. The number of aliphatic hydroxyl groups is 1. The van der Waals surface area contributed by atoms with E-state index in [0.717, 1.165) is 6.07 Å². The number of carbonyl (C=O) groups is 2. The van der Waals surface area contributed by atoms with Crippen LogP contribution in [0.15, 0.2) is 72.3 Å². The van der Waals surface area contributed by atoms with Gasteiger partial charge in [0.25, 0.3) is 17.4 Å². The van der Waals surface area contributed by atoms with E-state index >= 15 is 0 Å². The van der Waals surface area contributed by atoms with Crippen LogP contribution in [-0.2, 0) is 16.1 Å². The second kappa shape index (κ2) is 9.06. The van der Waals surface area contributed by atoms with Crippen molar-refractivity contribution >= 4 is 23.1 Å². The molecule has 182 valence electrons. The minimum Gasteiger partial charge on any atom is -0.507 e. The number of nitro groups is 1. The maximum atomic E-state index is 13.2. The standard InChI is InChI=1S/C26H20N2O8/c1-34-19-7-3-4-16(12-19)23-22(24(29)17-5-2-6-18(11-17)28(32)33)25(30)26(31)27(23)13-15-8-9-20-21(10-15)36-14-35-20/h2-12,23,29H,13-14H2,1H3/b24-22+. The number of ether oxygens (including phenoxy) is 3. The first-order valence-electron chi connectivity index (χ1n) is 10.9. The van der Waals surface area contributed by atoms with Gasteiger partial charge in [0.15, 0.2) is 11.5 Å². The van der Waals surface area contributed by atoms with Gasteiger partial charge in [-0.1, -0.05) is 30.3 Å². The van der Waals surface area contributed by atoms with E-state index in [1.54, 1.807) is 42.5 Å². The fourth-order valence-corrected chi connectivity index (χ4v) is 4.36. The Morgan fingerprint density at radius 3 is 2.64 bits per heavy atom. The fourth-order valence-electron chi connectivity index (χ4n) is 4.36. The number of non-ortho nitro benzene ring substituents is 1. The van der Waals surface area contributed by atoms with Crippen molar-refractivity contribution in [2.45, 2.75) is 12.6 Å². The molecule has 3 aromatic rings. The monoisotopic (exact) mass is 488 g/mol. The van der Waals surface area contributed by atoms with Gasteiger partial charge in [-0.3, -0.25) is 19.7 Å². The molecule has 10 nitrogen and oxygen atoms in total. The Balaban J connectivity index is 1.63. The van der Waals surface area contributed by atoms with Crippen LogP contribution in [0.5, 0.6) is 17.2 Å². The average Bonchev–Trinajstić information content (AvgIpc) is 3.46. The van der Waals surface area contributed by atoms with E-state index in [1.807, 2.05) is 0 Å².